The maximum Gasteiger partial charge on any atom is 0.104 e. The molecular formula is C13H18N2O. The van der Waals surface area contributed by atoms with E-state index in [0.717, 1.165) is 31.5 Å². The number of anilines is 1. The number of likely N-dealkylation sites (N-methyl/N-ethyl adjacent to an activating group) is 1. The molecule has 1 aromatic carbocycles. The van der Waals surface area contributed by atoms with Crippen molar-refractivity contribution in [3.05, 3.63) is 29.8 Å². The van der Waals surface area contributed by atoms with E-state index in [1.807, 2.05) is 18.2 Å². The van der Waals surface area contributed by atoms with Crippen molar-refractivity contribution in [1.29, 1.82) is 0 Å². The van der Waals surface area contributed by atoms with E-state index >= 15 is 0 Å². The highest BCUT2D eigenvalue weighted by Gasteiger charge is 2.49. The van der Waals surface area contributed by atoms with Crippen LogP contribution in [0.25, 0.3) is 0 Å². The van der Waals surface area contributed by atoms with Crippen molar-refractivity contribution in [2.75, 3.05) is 25.0 Å². The number of para-hydroxylation sites is 1. The molecule has 1 spiro atoms. The maximum atomic E-state index is 10.6. The molecule has 0 aliphatic carbocycles. The lowest BCUT2D eigenvalue weighted by Gasteiger charge is -2.43. The van der Waals surface area contributed by atoms with Crippen LogP contribution in [0.5, 0.6) is 0 Å². The monoisotopic (exact) mass is 218 g/mol. The third-order valence-corrected chi connectivity index (χ3v) is 4.24. The van der Waals surface area contributed by atoms with E-state index in [1.54, 1.807) is 0 Å². The largest absolute Gasteiger partial charge is 0.386 e. The first kappa shape index (κ1) is 10.1. The van der Waals surface area contributed by atoms with Crippen molar-refractivity contribution in [1.82, 2.24) is 5.32 Å². The highest BCUT2D eigenvalue weighted by Crippen LogP contribution is 2.49. The highest BCUT2D eigenvalue weighted by atomic mass is 16.3. The van der Waals surface area contributed by atoms with Crippen LogP contribution < -0.4 is 10.2 Å². The Balaban J connectivity index is 2.06. The van der Waals surface area contributed by atoms with E-state index in [-0.39, 0.29) is 11.6 Å². The number of rotatable bonds is 0. The zero-order chi connectivity index (χ0) is 11.2. The lowest BCUT2D eigenvalue weighted by atomic mass is 9.82. The van der Waals surface area contributed by atoms with Gasteiger partial charge in [0.2, 0.25) is 0 Å². The van der Waals surface area contributed by atoms with Gasteiger partial charge in [-0.1, -0.05) is 18.2 Å². The van der Waals surface area contributed by atoms with Crippen molar-refractivity contribution in [2.45, 2.75) is 24.5 Å². The van der Waals surface area contributed by atoms with Gasteiger partial charge in [-0.2, -0.15) is 0 Å². The fourth-order valence-corrected chi connectivity index (χ4v) is 3.21. The Hall–Kier alpha value is -1.06. The Morgan fingerprint density at radius 3 is 2.69 bits per heavy atom. The van der Waals surface area contributed by atoms with Crippen molar-refractivity contribution >= 4 is 5.69 Å². The molecule has 0 amide bonds. The van der Waals surface area contributed by atoms with Crippen molar-refractivity contribution in [3.63, 3.8) is 0 Å². The van der Waals surface area contributed by atoms with Gasteiger partial charge < -0.3 is 15.3 Å². The maximum absolute atomic E-state index is 10.6. The molecule has 2 N–H and O–H groups in total. The first-order chi connectivity index (χ1) is 7.76. The second-order valence-corrected chi connectivity index (χ2v) is 4.87. The number of benzene rings is 1. The van der Waals surface area contributed by atoms with Crippen LogP contribution in [-0.4, -0.2) is 30.8 Å². The minimum Gasteiger partial charge on any atom is -0.386 e. The Morgan fingerprint density at radius 1 is 1.31 bits per heavy atom. The van der Waals surface area contributed by atoms with Crippen LogP contribution in [0.4, 0.5) is 5.69 Å². The van der Waals surface area contributed by atoms with Crippen molar-refractivity contribution < 1.29 is 5.11 Å². The smallest absolute Gasteiger partial charge is 0.104 e. The lowest BCUT2D eigenvalue weighted by molar-refractivity contribution is 0.0734. The molecular weight excluding hydrogens is 200 g/mol. The van der Waals surface area contributed by atoms with Gasteiger partial charge in [-0.3, -0.25) is 0 Å². The van der Waals surface area contributed by atoms with Crippen LogP contribution in [0.3, 0.4) is 0 Å². The number of hydrogen-bond donors (Lipinski definition) is 2. The fourth-order valence-electron chi connectivity index (χ4n) is 3.21. The summed E-state index contributed by atoms with van der Waals surface area (Å²) >= 11 is 0. The molecule has 3 nitrogen and oxygen atoms in total. The van der Waals surface area contributed by atoms with Crippen LogP contribution in [-0.2, 0) is 0 Å². The van der Waals surface area contributed by atoms with Gasteiger partial charge in [0.05, 0.1) is 5.54 Å². The van der Waals surface area contributed by atoms with E-state index in [0.29, 0.717) is 0 Å². The molecule has 2 heterocycles. The standard InChI is InChI=1S/C13H18N2O/c1-15-11-5-3-2-4-10(11)12(16)13(15)6-8-14-9-7-13/h2-5,12,14,16H,6-9H2,1H3. The summed E-state index contributed by atoms with van der Waals surface area (Å²) in [6.45, 7) is 1.99. The average molecular weight is 218 g/mol. The third-order valence-electron chi connectivity index (χ3n) is 4.24. The van der Waals surface area contributed by atoms with Gasteiger partial charge in [0.1, 0.15) is 6.10 Å². The lowest BCUT2D eigenvalue weighted by Crippen LogP contribution is -2.53. The van der Waals surface area contributed by atoms with Crippen LogP contribution >= 0.6 is 0 Å². The molecule has 16 heavy (non-hydrogen) atoms. The van der Waals surface area contributed by atoms with Crippen LogP contribution in [0.15, 0.2) is 24.3 Å². The molecule has 1 fully saturated rings. The zero-order valence-corrected chi connectivity index (χ0v) is 9.61. The molecule has 3 heteroatoms. The second kappa shape index (κ2) is 3.47. The van der Waals surface area contributed by atoms with Crippen LogP contribution in [0, 0.1) is 0 Å². The quantitative estimate of drug-likeness (QED) is 0.689. The predicted octanol–water partition coefficient (Wildman–Crippen LogP) is 1.29. The summed E-state index contributed by atoms with van der Waals surface area (Å²) in [6, 6.07) is 8.21. The van der Waals surface area contributed by atoms with Crippen molar-refractivity contribution in [2.24, 2.45) is 0 Å². The summed E-state index contributed by atoms with van der Waals surface area (Å²) in [7, 11) is 2.11. The minimum absolute atomic E-state index is 0.0745. The molecule has 1 saturated heterocycles. The van der Waals surface area contributed by atoms with E-state index in [9.17, 15) is 5.11 Å². The summed E-state index contributed by atoms with van der Waals surface area (Å²) in [5, 5.41) is 13.9. The number of nitrogens with zero attached hydrogens (tertiary/aromatic N) is 1. The number of aliphatic hydroxyl groups is 1. The molecule has 0 bridgehead atoms. The Labute approximate surface area is 96.1 Å². The van der Waals surface area contributed by atoms with Gasteiger partial charge >= 0.3 is 0 Å². The van der Waals surface area contributed by atoms with Gasteiger partial charge in [0.25, 0.3) is 0 Å². The second-order valence-electron chi connectivity index (χ2n) is 4.87. The average Bonchev–Trinajstić information content (AvgIpc) is 2.55. The first-order valence-corrected chi connectivity index (χ1v) is 5.97. The van der Waals surface area contributed by atoms with Gasteiger partial charge in [0.15, 0.2) is 0 Å². The Kier molecular flexibility index (Phi) is 2.19. The summed E-state index contributed by atoms with van der Waals surface area (Å²) < 4.78 is 0. The molecule has 3 rings (SSSR count). The molecule has 0 saturated carbocycles. The molecule has 1 unspecified atom stereocenters. The topological polar surface area (TPSA) is 35.5 Å². The molecule has 0 radical (unpaired) electrons. The van der Waals surface area contributed by atoms with Gasteiger partial charge in [-0.05, 0) is 32.0 Å². The van der Waals surface area contributed by atoms with Crippen LogP contribution in [0.1, 0.15) is 24.5 Å². The first-order valence-electron chi connectivity index (χ1n) is 5.97. The summed E-state index contributed by atoms with van der Waals surface area (Å²) in [4.78, 5) is 2.29. The summed E-state index contributed by atoms with van der Waals surface area (Å²) in [5.74, 6) is 0. The molecule has 1 atom stereocenters. The number of piperidine rings is 1. The normalized spacial score (nSPS) is 27.1. The molecule has 2 aliphatic heterocycles. The molecule has 1 aromatic rings. The molecule has 2 aliphatic rings. The van der Waals surface area contributed by atoms with Gasteiger partial charge in [-0.25, -0.2) is 0 Å². The molecule has 86 valence electrons. The van der Waals surface area contributed by atoms with Gasteiger partial charge in [0, 0.05) is 18.3 Å². The summed E-state index contributed by atoms with van der Waals surface area (Å²) in [5.41, 5.74) is 2.21. The Bertz CT molecular complexity index is 368. The number of aliphatic hydroxyl groups excluding tert-OH is 1. The third kappa shape index (κ3) is 1.16. The van der Waals surface area contributed by atoms with E-state index in [1.165, 1.54) is 5.69 Å². The number of nitrogens with one attached hydrogen (secondary N) is 1. The van der Waals surface area contributed by atoms with E-state index < -0.39 is 0 Å². The van der Waals surface area contributed by atoms with Crippen molar-refractivity contribution in [3.8, 4) is 0 Å². The zero-order valence-electron chi connectivity index (χ0n) is 9.61. The molecule has 0 aromatic heterocycles. The minimum atomic E-state index is -0.337. The SMILES string of the molecule is CN1c2ccccc2C(O)C12CCNCC2. The van der Waals surface area contributed by atoms with Gasteiger partial charge in [-0.15, -0.1) is 0 Å². The van der Waals surface area contributed by atoms with Crippen LogP contribution in [0.2, 0.25) is 0 Å². The highest BCUT2D eigenvalue weighted by molar-refractivity contribution is 5.62. The Morgan fingerprint density at radius 2 is 2.00 bits per heavy atom. The van der Waals surface area contributed by atoms with E-state index in [4.69, 9.17) is 0 Å². The predicted molar refractivity (Wildman–Crippen MR) is 64.6 cm³/mol. The van der Waals surface area contributed by atoms with E-state index in [2.05, 4.69) is 23.3 Å². The summed E-state index contributed by atoms with van der Waals surface area (Å²) in [6.07, 6.45) is 1.69. The number of fused-ring (bicyclic) bond motifs is 1. The number of hydrogen-bond acceptors (Lipinski definition) is 3. The fraction of sp³-hybridized carbons (Fsp3) is 0.538.